The number of allylic oxidation sites excluding steroid dienone is 1. The molecule has 84 valence electrons. The summed E-state index contributed by atoms with van der Waals surface area (Å²) in [5.74, 6) is -0.811. The molecule has 1 spiro atoms. The van der Waals surface area contributed by atoms with Crippen molar-refractivity contribution < 1.29 is 22.7 Å². The van der Waals surface area contributed by atoms with E-state index < -0.39 is 17.7 Å². The minimum Gasteiger partial charge on any atom is -0.450 e. The summed E-state index contributed by atoms with van der Waals surface area (Å²) in [5, 5.41) is 0. The van der Waals surface area contributed by atoms with E-state index in [2.05, 4.69) is 0 Å². The molecule has 2 rings (SSSR count). The van der Waals surface area contributed by atoms with Gasteiger partial charge in [0.2, 0.25) is 0 Å². The van der Waals surface area contributed by atoms with Crippen LogP contribution in [0, 0.1) is 0 Å². The summed E-state index contributed by atoms with van der Waals surface area (Å²) in [6.45, 7) is 0. The first-order valence-corrected chi connectivity index (χ1v) is 4.96. The zero-order valence-electron chi connectivity index (χ0n) is 8.06. The first-order valence-electron chi connectivity index (χ1n) is 4.96. The molecule has 1 saturated heterocycles. The highest BCUT2D eigenvalue weighted by Gasteiger charge is 2.53. The van der Waals surface area contributed by atoms with E-state index in [1.807, 2.05) is 0 Å². The van der Waals surface area contributed by atoms with Crippen LogP contribution in [-0.4, -0.2) is 17.7 Å². The first-order chi connectivity index (χ1) is 6.93. The summed E-state index contributed by atoms with van der Waals surface area (Å²) in [7, 11) is 0. The first kappa shape index (κ1) is 10.5. The van der Waals surface area contributed by atoms with Gasteiger partial charge in [0.1, 0.15) is 5.60 Å². The molecule has 1 saturated carbocycles. The highest BCUT2D eigenvalue weighted by molar-refractivity contribution is 5.97. The van der Waals surface area contributed by atoms with Crippen molar-refractivity contribution in [3.63, 3.8) is 0 Å². The number of ether oxygens (including phenoxy) is 1. The van der Waals surface area contributed by atoms with E-state index >= 15 is 0 Å². The highest BCUT2D eigenvalue weighted by Crippen LogP contribution is 2.46. The van der Waals surface area contributed by atoms with Gasteiger partial charge in [-0.2, -0.15) is 13.2 Å². The van der Waals surface area contributed by atoms with Gasteiger partial charge in [0, 0.05) is 6.08 Å². The number of hydrogen-bond acceptors (Lipinski definition) is 2. The minimum absolute atomic E-state index is 0.101. The van der Waals surface area contributed by atoms with Gasteiger partial charge in [-0.15, -0.1) is 0 Å². The monoisotopic (exact) mass is 220 g/mol. The lowest BCUT2D eigenvalue weighted by Gasteiger charge is -2.45. The molecule has 0 amide bonds. The molecule has 1 heterocycles. The average molecular weight is 220 g/mol. The van der Waals surface area contributed by atoms with Gasteiger partial charge in [-0.05, 0) is 25.7 Å². The fourth-order valence-electron chi connectivity index (χ4n) is 2.28. The Morgan fingerprint density at radius 2 is 1.80 bits per heavy atom. The second-order valence-electron chi connectivity index (χ2n) is 4.04. The Morgan fingerprint density at radius 3 is 2.27 bits per heavy atom. The molecule has 0 radical (unpaired) electrons. The van der Waals surface area contributed by atoms with Gasteiger partial charge < -0.3 is 4.74 Å². The number of alkyl halides is 3. The molecule has 5 heteroatoms. The summed E-state index contributed by atoms with van der Waals surface area (Å²) >= 11 is 0. The summed E-state index contributed by atoms with van der Waals surface area (Å²) in [4.78, 5) is 11.0. The Kier molecular flexibility index (Phi) is 2.28. The normalized spacial score (nSPS) is 27.7. The van der Waals surface area contributed by atoms with Crippen LogP contribution in [0.3, 0.4) is 0 Å². The largest absolute Gasteiger partial charge is 0.450 e. The van der Waals surface area contributed by atoms with Crippen molar-refractivity contribution >= 4 is 5.97 Å². The SMILES string of the molecule is O=C1OC2(CCCCC2)/C1=C/C(F)(F)F. The minimum atomic E-state index is -4.43. The molecular formula is C10H11F3O2. The third-order valence-electron chi connectivity index (χ3n) is 2.97. The number of carbonyl (C=O) groups is 1. The maximum absolute atomic E-state index is 12.2. The third-order valence-corrected chi connectivity index (χ3v) is 2.97. The molecule has 0 aromatic heterocycles. The molecule has 15 heavy (non-hydrogen) atoms. The van der Waals surface area contributed by atoms with E-state index in [1.54, 1.807) is 0 Å². The van der Waals surface area contributed by atoms with E-state index in [4.69, 9.17) is 4.74 Å². The molecule has 0 bridgehead atoms. The molecule has 1 aliphatic carbocycles. The van der Waals surface area contributed by atoms with Crippen LogP contribution in [0.25, 0.3) is 0 Å². The number of halogens is 3. The van der Waals surface area contributed by atoms with E-state index in [0.29, 0.717) is 12.8 Å². The fourth-order valence-corrected chi connectivity index (χ4v) is 2.28. The van der Waals surface area contributed by atoms with Crippen LogP contribution < -0.4 is 0 Å². The number of hydrogen-bond donors (Lipinski definition) is 0. The predicted octanol–water partition coefficient (Wildman–Crippen LogP) is 2.73. The molecule has 2 aliphatic rings. The lowest BCUT2D eigenvalue weighted by molar-refractivity contribution is -0.178. The molecule has 1 aliphatic heterocycles. The quantitative estimate of drug-likeness (QED) is 0.463. The zero-order chi connectivity index (χ0) is 11.1. The van der Waals surface area contributed by atoms with E-state index in [0.717, 1.165) is 19.3 Å². The number of rotatable bonds is 0. The molecule has 2 fully saturated rings. The summed E-state index contributed by atoms with van der Waals surface area (Å²) in [6, 6.07) is 0. The molecular weight excluding hydrogens is 209 g/mol. The van der Waals surface area contributed by atoms with Crippen molar-refractivity contribution in [2.75, 3.05) is 0 Å². The van der Waals surface area contributed by atoms with E-state index in [1.165, 1.54) is 0 Å². The van der Waals surface area contributed by atoms with Crippen LogP contribution in [0.5, 0.6) is 0 Å². The second-order valence-corrected chi connectivity index (χ2v) is 4.04. The van der Waals surface area contributed by atoms with Crippen LogP contribution in [0.1, 0.15) is 32.1 Å². The molecule has 0 atom stereocenters. The third kappa shape index (κ3) is 1.87. The smallest absolute Gasteiger partial charge is 0.410 e. The van der Waals surface area contributed by atoms with Gasteiger partial charge in [0.25, 0.3) is 0 Å². The van der Waals surface area contributed by atoms with E-state index in [-0.39, 0.29) is 11.6 Å². The summed E-state index contributed by atoms with van der Waals surface area (Å²) < 4.78 is 41.4. The van der Waals surface area contributed by atoms with Gasteiger partial charge in [-0.25, -0.2) is 4.79 Å². The van der Waals surface area contributed by atoms with Crippen LogP contribution in [0.2, 0.25) is 0 Å². The summed E-state index contributed by atoms with van der Waals surface area (Å²) in [6.07, 6.45) is -0.631. The fraction of sp³-hybridized carbons (Fsp3) is 0.700. The Morgan fingerprint density at radius 1 is 1.20 bits per heavy atom. The lowest BCUT2D eigenvalue weighted by atomic mass is 9.75. The zero-order valence-corrected chi connectivity index (χ0v) is 8.06. The van der Waals surface area contributed by atoms with Crippen molar-refractivity contribution in [2.45, 2.75) is 43.9 Å². The number of esters is 1. The predicted molar refractivity (Wildman–Crippen MR) is 46.0 cm³/mol. The van der Waals surface area contributed by atoms with Crippen LogP contribution in [0.4, 0.5) is 13.2 Å². The molecule has 0 aromatic rings. The van der Waals surface area contributed by atoms with Crippen molar-refractivity contribution in [2.24, 2.45) is 0 Å². The topological polar surface area (TPSA) is 26.3 Å². The molecule has 2 nitrogen and oxygen atoms in total. The van der Waals surface area contributed by atoms with Crippen molar-refractivity contribution in [3.8, 4) is 0 Å². The Hall–Kier alpha value is -1.00. The van der Waals surface area contributed by atoms with Crippen LogP contribution >= 0.6 is 0 Å². The Labute approximate surface area is 85.1 Å². The van der Waals surface area contributed by atoms with Crippen LogP contribution in [-0.2, 0) is 9.53 Å². The second kappa shape index (κ2) is 3.25. The van der Waals surface area contributed by atoms with Crippen molar-refractivity contribution in [1.29, 1.82) is 0 Å². The van der Waals surface area contributed by atoms with Crippen molar-refractivity contribution in [1.82, 2.24) is 0 Å². The van der Waals surface area contributed by atoms with Gasteiger partial charge >= 0.3 is 12.1 Å². The van der Waals surface area contributed by atoms with Gasteiger partial charge in [-0.3, -0.25) is 0 Å². The molecule has 0 N–H and O–H groups in total. The Balaban J connectivity index is 2.22. The maximum atomic E-state index is 12.2. The van der Waals surface area contributed by atoms with Crippen molar-refractivity contribution in [3.05, 3.63) is 11.6 Å². The standard InChI is InChI=1S/C10H11F3O2/c11-10(12,13)6-7-8(14)15-9(7)4-2-1-3-5-9/h6H,1-5H2/b7-6+. The Bertz CT molecular complexity index is 311. The lowest BCUT2D eigenvalue weighted by Crippen LogP contribution is -2.52. The molecule has 0 aromatic carbocycles. The summed E-state index contributed by atoms with van der Waals surface area (Å²) in [5.41, 5.74) is -1.10. The van der Waals surface area contributed by atoms with Gasteiger partial charge in [0.05, 0.1) is 5.57 Å². The van der Waals surface area contributed by atoms with Crippen LogP contribution in [0.15, 0.2) is 11.6 Å². The number of carbonyl (C=O) groups excluding carboxylic acids is 1. The van der Waals surface area contributed by atoms with Gasteiger partial charge in [-0.1, -0.05) is 6.42 Å². The van der Waals surface area contributed by atoms with Gasteiger partial charge in [0.15, 0.2) is 0 Å². The molecule has 0 unspecified atom stereocenters. The highest BCUT2D eigenvalue weighted by atomic mass is 19.4. The average Bonchev–Trinajstić information content (AvgIpc) is 2.15. The van der Waals surface area contributed by atoms with E-state index in [9.17, 15) is 18.0 Å². The maximum Gasteiger partial charge on any atom is 0.410 e.